The van der Waals surface area contributed by atoms with E-state index in [4.69, 9.17) is 4.74 Å². The quantitative estimate of drug-likeness (QED) is 0.639. The van der Waals surface area contributed by atoms with E-state index < -0.39 is 11.3 Å². The zero-order valence-corrected chi connectivity index (χ0v) is 10.8. The molecule has 8 heteroatoms. The van der Waals surface area contributed by atoms with Gasteiger partial charge < -0.3 is 15.4 Å². The van der Waals surface area contributed by atoms with Crippen LogP contribution in [0.15, 0.2) is 18.2 Å². The fourth-order valence-corrected chi connectivity index (χ4v) is 2.22. The maximum absolute atomic E-state index is 13.0. The SMILES string of the molecule is CO[C@H]1CNCC1Nc1ccc([N+](=O)[O-])cc1C(F)F. The van der Waals surface area contributed by atoms with Gasteiger partial charge in [-0.15, -0.1) is 0 Å². The molecule has 0 spiro atoms. The lowest BCUT2D eigenvalue weighted by atomic mass is 10.1. The maximum atomic E-state index is 13.0. The van der Waals surface area contributed by atoms with Crippen LogP contribution in [0.3, 0.4) is 0 Å². The van der Waals surface area contributed by atoms with E-state index in [2.05, 4.69) is 10.6 Å². The number of ether oxygens (including phenoxy) is 1. The molecule has 1 aliphatic rings. The van der Waals surface area contributed by atoms with Gasteiger partial charge in [0.15, 0.2) is 0 Å². The predicted molar refractivity (Wildman–Crippen MR) is 69.1 cm³/mol. The number of rotatable bonds is 5. The molecule has 0 bridgehead atoms. The zero-order valence-electron chi connectivity index (χ0n) is 10.8. The van der Waals surface area contributed by atoms with Crippen LogP contribution in [-0.4, -0.2) is 37.3 Å². The molecule has 2 rings (SSSR count). The average Bonchev–Trinajstić information content (AvgIpc) is 2.85. The molecule has 1 unspecified atom stereocenters. The molecule has 2 N–H and O–H groups in total. The van der Waals surface area contributed by atoms with Gasteiger partial charge in [0.05, 0.1) is 17.1 Å². The summed E-state index contributed by atoms with van der Waals surface area (Å²) in [6.45, 7) is 1.21. The third kappa shape index (κ3) is 3.02. The van der Waals surface area contributed by atoms with Crippen LogP contribution in [0, 0.1) is 10.1 Å². The van der Waals surface area contributed by atoms with Crippen molar-refractivity contribution in [3.8, 4) is 0 Å². The number of alkyl halides is 2. The van der Waals surface area contributed by atoms with E-state index in [1.807, 2.05) is 0 Å². The monoisotopic (exact) mass is 287 g/mol. The van der Waals surface area contributed by atoms with Gasteiger partial charge in [-0.2, -0.15) is 0 Å². The average molecular weight is 287 g/mol. The second-order valence-electron chi connectivity index (χ2n) is 4.51. The van der Waals surface area contributed by atoms with E-state index >= 15 is 0 Å². The topological polar surface area (TPSA) is 76.4 Å². The fraction of sp³-hybridized carbons (Fsp3) is 0.500. The molecule has 0 amide bonds. The third-order valence-electron chi connectivity index (χ3n) is 3.28. The minimum atomic E-state index is -2.78. The lowest BCUT2D eigenvalue weighted by Crippen LogP contribution is -2.33. The Balaban J connectivity index is 2.24. The number of methoxy groups -OCH3 is 1. The fourth-order valence-electron chi connectivity index (χ4n) is 2.22. The lowest BCUT2D eigenvalue weighted by Gasteiger charge is -2.21. The largest absolute Gasteiger partial charge is 0.378 e. The Morgan fingerprint density at radius 1 is 1.50 bits per heavy atom. The van der Waals surface area contributed by atoms with Crippen molar-refractivity contribution >= 4 is 11.4 Å². The van der Waals surface area contributed by atoms with Gasteiger partial charge in [-0.1, -0.05) is 0 Å². The van der Waals surface area contributed by atoms with Gasteiger partial charge in [0, 0.05) is 43.6 Å². The number of anilines is 1. The van der Waals surface area contributed by atoms with E-state index in [-0.39, 0.29) is 29.1 Å². The summed E-state index contributed by atoms with van der Waals surface area (Å²) >= 11 is 0. The molecule has 20 heavy (non-hydrogen) atoms. The Kier molecular flexibility index (Phi) is 4.46. The van der Waals surface area contributed by atoms with Crippen LogP contribution in [0.2, 0.25) is 0 Å². The molecular weight excluding hydrogens is 272 g/mol. The van der Waals surface area contributed by atoms with E-state index in [1.54, 1.807) is 7.11 Å². The van der Waals surface area contributed by atoms with Crippen molar-refractivity contribution in [1.29, 1.82) is 0 Å². The number of nitrogens with zero attached hydrogens (tertiary/aromatic N) is 1. The number of nitro groups is 1. The molecule has 0 aromatic heterocycles. The number of nitro benzene ring substituents is 1. The highest BCUT2D eigenvalue weighted by Crippen LogP contribution is 2.31. The van der Waals surface area contributed by atoms with Crippen LogP contribution in [0.25, 0.3) is 0 Å². The van der Waals surface area contributed by atoms with Crippen molar-refractivity contribution in [3.05, 3.63) is 33.9 Å². The molecule has 0 radical (unpaired) electrons. The number of benzene rings is 1. The number of halogens is 2. The maximum Gasteiger partial charge on any atom is 0.270 e. The summed E-state index contributed by atoms with van der Waals surface area (Å²) in [5, 5.41) is 16.7. The Hall–Kier alpha value is -1.80. The van der Waals surface area contributed by atoms with E-state index in [9.17, 15) is 18.9 Å². The first-order valence-electron chi connectivity index (χ1n) is 6.09. The Morgan fingerprint density at radius 3 is 2.85 bits per heavy atom. The van der Waals surface area contributed by atoms with Crippen molar-refractivity contribution < 1.29 is 18.4 Å². The molecule has 1 aliphatic heterocycles. The summed E-state index contributed by atoms with van der Waals surface area (Å²) in [4.78, 5) is 9.95. The molecule has 6 nitrogen and oxygen atoms in total. The predicted octanol–water partition coefficient (Wildman–Crippen LogP) is 1.93. The number of hydrogen-bond donors (Lipinski definition) is 2. The first kappa shape index (κ1) is 14.6. The van der Waals surface area contributed by atoms with Crippen LogP contribution < -0.4 is 10.6 Å². The minimum absolute atomic E-state index is 0.129. The van der Waals surface area contributed by atoms with Gasteiger partial charge in [0.2, 0.25) is 0 Å². The molecule has 1 aromatic carbocycles. The number of hydrogen-bond acceptors (Lipinski definition) is 5. The summed E-state index contributed by atoms with van der Waals surface area (Å²) in [5.74, 6) is 0. The number of nitrogens with one attached hydrogen (secondary N) is 2. The summed E-state index contributed by atoms with van der Waals surface area (Å²) < 4.78 is 31.3. The van der Waals surface area contributed by atoms with Crippen LogP contribution >= 0.6 is 0 Å². The first-order chi connectivity index (χ1) is 9.52. The van der Waals surface area contributed by atoms with Crippen molar-refractivity contribution in [2.45, 2.75) is 18.6 Å². The lowest BCUT2D eigenvalue weighted by molar-refractivity contribution is -0.385. The molecule has 2 atom stereocenters. The standard InChI is InChI=1S/C12H15F2N3O3/c1-20-11-6-15-5-10(11)16-9-3-2-7(17(18)19)4-8(9)12(13)14/h2-4,10-12,15-16H,5-6H2,1H3/t10?,11-/m0/s1. The zero-order chi connectivity index (χ0) is 14.7. The first-order valence-corrected chi connectivity index (χ1v) is 6.09. The summed E-state index contributed by atoms with van der Waals surface area (Å²) in [6, 6.07) is 3.26. The number of non-ortho nitro benzene ring substituents is 1. The van der Waals surface area contributed by atoms with E-state index in [0.717, 1.165) is 6.07 Å². The minimum Gasteiger partial charge on any atom is -0.378 e. The Bertz CT molecular complexity index is 499. The molecule has 110 valence electrons. The molecule has 1 saturated heterocycles. The van der Waals surface area contributed by atoms with Gasteiger partial charge >= 0.3 is 0 Å². The van der Waals surface area contributed by atoms with Crippen molar-refractivity contribution in [2.24, 2.45) is 0 Å². The molecule has 1 heterocycles. The van der Waals surface area contributed by atoms with Crippen molar-refractivity contribution in [3.63, 3.8) is 0 Å². The van der Waals surface area contributed by atoms with Gasteiger partial charge in [0.1, 0.15) is 0 Å². The van der Waals surface area contributed by atoms with E-state index in [1.165, 1.54) is 12.1 Å². The summed E-state index contributed by atoms with van der Waals surface area (Å²) in [5.41, 5.74) is -0.527. The van der Waals surface area contributed by atoms with Crippen LogP contribution in [-0.2, 0) is 4.74 Å². The van der Waals surface area contributed by atoms with Crippen LogP contribution in [0.5, 0.6) is 0 Å². The Labute approximate surface area is 114 Å². The highest BCUT2D eigenvalue weighted by Gasteiger charge is 2.28. The van der Waals surface area contributed by atoms with Gasteiger partial charge in [0.25, 0.3) is 12.1 Å². The molecule has 1 aromatic rings. The van der Waals surface area contributed by atoms with Gasteiger partial charge in [-0.05, 0) is 6.07 Å². The van der Waals surface area contributed by atoms with Crippen LogP contribution in [0.1, 0.15) is 12.0 Å². The van der Waals surface area contributed by atoms with E-state index in [0.29, 0.717) is 13.1 Å². The second-order valence-corrected chi connectivity index (χ2v) is 4.51. The van der Waals surface area contributed by atoms with Crippen LogP contribution in [0.4, 0.5) is 20.2 Å². The third-order valence-corrected chi connectivity index (χ3v) is 3.28. The Morgan fingerprint density at radius 2 is 2.25 bits per heavy atom. The molecule has 0 aliphatic carbocycles. The van der Waals surface area contributed by atoms with Crippen molar-refractivity contribution in [1.82, 2.24) is 5.32 Å². The molecular formula is C12H15F2N3O3. The van der Waals surface area contributed by atoms with Gasteiger partial charge in [-0.3, -0.25) is 10.1 Å². The highest BCUT2D eigenvalue weighted by molar-refractivity contribution is 5.57. The smallest absolute Gasteiger partial charge is 0.270 e. The van der Waals surface area contributed by atoms with Gasteiger partial charge in [-0.25, -0.2) is 8.78 Å². The molecule has 1 fully saturated rings. The molecule has 0 saturated carbocycles. The second kappa shape index (κ2) is 6.10. The summed E-state index contributed by atoms with van der Waals surface area (Å²) in [7, 11) is 1.55. The highest BCUT2D eigenvalue weighted by atomic mass is 19.3. The summed E-state index contributed by atoms with van der Waals surface area (Å²) in [6.07, 6.45) is -2.91. The van der Waals surface area contributed by atoms with Crippen molar-refractivity contribution in [2.75, 3.05) is 25.5 Å². The normalized spacial score (nSPS) is 22.2.